The molecule has 7 nitrogen and oxygen atoms in total. The number of ether oxygens (including phenoxy) is 1. The van der Waals surface area contributed by atoms with Crippen LogP contribution in [0.1, 0.15) is 29.3 Å². The Morgan fingerprint density at radius 1 is 1.03 bits per heavy atom. The van der Waals surface area contributed by atoms with Crippen molar-refractivity contribution in [2.45, 2.75) is 30.5 Å². The van der Waals surface area contributed by atoms with E-state index in [-0.39, 0.29) is 40.0 Å². The first-order valence-corrected chi connectivity index (χ1v) is 13.4. The summed E-state index contributed by atoms with van der Waals surface area (Å²) in [4.78, 5) is 52.2. The number of hydrogen-bond acceptors (Lipinski definition) is 5. The number of halogens is 3. The number of nitrogens with one attached hydrogen (secondary N) is 1. The molecular weight excluding hydrogens is 571 g/mol. The molecule has 10 heteroatoms. The smallest absolute Gasteiger partial charge is 0.338 e. The van der Waals surface area contributed by atoms with Crippen molar-refractivity contribution in [2.24, 2.45) is 23.7 Å². The molecule has 0 aromatic heterocycles. The normalized spacial score (nSPS) is 28.4. The third-order valence-corrected chi connectivity index (χ3v) is 9.22. The molecule has 0 spiro atoms. The van der Waals surface area contributed by atoms with Crippen LogP contribution in [0.3, 0.4) is 0 Å². The summed E-state index contributed by atoms with van der Waals surface area (Å²) in [6.45, 7) is 1.53. The Balaban J connectivity index is 1.21. The Labute approximate surface area is 226 Å². The summed E-state index contributed by atoms with van der Waals surface area (Å²) in [5, 5.41) is 2.12. The molecule has 0 unspecified atom stereocenters. The van der Waals surface area contributed by atoms with E-state index >= 15 is 0 Å². The molecule has 3 amide bonds. The largest absolute Gasteiger partial charge is 0.452 e. The molecule has 2 saturated carbocycles. The Bertz CT molecular complexity index is 1220. The van der Waals surface area contributed by atoms with Crippen molar-refractivity contribution in [1.82, 2.24) is 0 Å². The van der Waals surface area contributed by atoms with E-state index < -0.39 is 30.3 Å². The summed E-state index contributed by atoms with van der Waals surface area (Å²) in [7, 11) is 0. The SMILES string of the molecule is CCc1cc(Br)ccc1NC(=O)COC(=O)c1ccc(N2C(=O)[C@@H]3[C@H]4C[C@@H]([C@@H](Cl)[C@H]4Cl)[C@H]3C2=O)cc1. The van der Waals surface area contributed by atoms with Crippen LogP contribution in [0.25, 0.3) is 0 Å². The zero-order valence-electron chi connectivity index (χ0n) is 19.2. The van der Waals surface area contributed by atoms with Gasteiger partial charge in [0.05, 0.1) is 33.8 Å². The highest BCUT2D eigenvalue weighted by Gasteiger charge is 2.66. The van der Waals surface area contributed by atoms with Crippen LogP contribution in [-0.2, 0) is 25.5 Å². The van der Waals surface area contributed by atoms with Crippen molar-refractivity contribution < 1.29 is 23.9 Å². The quantitative estimate of drug-likeness (QED) is 0.296. The molecule has 2 bridgehead atoms. The topological polar surface area (TPSA) is 92.8 Å². The molecule has 36 heavy (non-hydrogen) atoms. The minimum atomic E-state index is -0.688. The zero-order chi connectivity index (χ0) is 25.7. The van der Waals surface area contributed by atoms with Gasteiger partial charge >= 0.3 is 5.97 Å². The van der Waals surface area contributed by atoms with Crippen LogP contribution in [0.5, 0.6) is 0 Å². The van der Waals surface area contributed by atoms with Crippen molar-refractivity contribution in [2.75, 3.05) is 16.8 Å². The van der Waals surface area contributed by atoms with Crippen LogP contribution >= 0.6 is 39.1 Å². The second-order valence-corrected chi connectivity index (χ2v) is 11.3. The summed E-state index contributed by atoms with van der Waals surface area (Å²) in [5.41, 5.74) is 2.19. The highest BCUT2D eigenvalue weighted by molar-refractivity contribution is 9.10. The molecule has 1 heterocycles. The number of carbonyl (C=O) groups excluding carboxylic acids is 4. The Morgan fingerprint density at radius 3 is 2.22 bits per heavy atom. The molecule has 1 aliphatic heterocycles. The lowest BCUT2D eigenvalue weighted by Crippen LogP contribution is -2.37. The molecular formula is C26H23BrCl2N2O5. The van der Waals surface area contributed by atoms with E-state index in [0.717, 1.165) is 16.5 Å². The van der Waals surface area contributed by atoms with Crippen LogP contribution in [0.15, 0.2) is 46.9 Å². The molecule has 3 fully saturated rings. The number of fused-ring (bicyclic) bond motifs is 5. The summed E-state index contributed by atoms with van der Waals surface area (Å²) >= 11 is 16.2. The van der Waals surface area contributed by atoms with Gasteiger partial charge in [-0.05, 0) is 72.7 Å². The van der Waals surface area contributed by atoms with Crippen molar-refractivity contribution in [3.05, 3.63) is 58.1 Å². The molecule has 3 aliphatic rings. The number of amides is 3. The minimum absolute atomic E-state index is 0.100. The Kier molecular flexibility index (Phi) is 6.87. The molecule has 0 radical (unpaired) electrons. The Hall–Kier alpha value is -2.42. The highest BCUT2D eigenvalue weighted by Crippen LogP contribution is 2.59. The van der Waals surface area contributed by atoms with Crippen LogP contribution in [-0.4, -0.2) is 41.1 Å². The molecule has 2 aromatic rings. The molecule has 1 N–H and O–H groups in total. The van der Waals surface area contributed by atoms with Crippen molar-refractivity contribution in [3.63, 3.8) is 0 Å². The first kappa shape index (κ1) is 25.2. The maximum atomic E-state index is 13.1. The fourth-order valence-corrected chi connectivity index (χ4v) is 7.03. The van der Waals surface area contributed by atoms with Gasteiger partial charge in [0.15, 0.2) is 6.61 Å². The summed E-state index contributed by atoms with van der Waals surface area (Å²) in [6, 6.07) is 11.5. The number of nitrogens with zero attached hydrogens (tertiary/aromatic N) is 1. The number of carbonyl (C=O) groups is 4. The van der Waals surface area contributed by atoms with Gasteiger partial charge in [-0.3, -0.25) is 19.3 Å². The van der Waals surface area contributed by atoms with Crippen LogP contribution in [0, 0.1) is 23.7 Å². The molecule has 188 valence electrons. The third kappa shape index (κ3) is 4.23. The second-order valence-electron chi connectivity index (χ2n) is 9.34. The number of benzene rings is 2. The Morgan fingerprint density at radius 2 is 1.64 bits per heavy atom. The fourth-order valence-electron chi connectivity index (χ4n) is 5.73. The van der Waals surface area contributed by atoms with Gasteiger partial charge in [0, 0.05) is 10.2 Å². The van der Waals surface area contributed by atoms with Crippen LogP contribution in [0.4, 0.5) is 11.4 Å². The molecule has 1 saturated heterocycles. The van der Waals surface area contributed by atoms with E-state index in [1.807, 2.05) is 19.1 Å². The van der Waals surface area contributed by atoms with E-state index in [2.05, 4.69) is 21.2 Å². The summed E-state index contributed by atoms with van der Waals surface area (Å²) < 4.78 is 6.06. The van der Waals surface area contributed by atoms with E-state index in [1.165, 1.54) is 29.2 Å². The van der Waals surface area contributed by atoms with Gasteiger partial charge in [0.25, 0.3) is 5.91 Å². The number of imide groups is 1. The van der Waals surface area contributed by atoms with Gasteiger partial charge in [-0.2, -0.15) is 0 Å². The van der Waals surface area contributed by atoms with Gasteiger partial charge in [-0.15, -0.1) is 23.2 Å². The standard InChI is InChI=1S/C26H23BrCl2N2O5/c1-2-12-9-14(27)5-8-18(12)30-19(32)11-36-26(35)13-3-6-15(7-4-13)31-24(33)20-16-10-17(21(20)25(31)34)23(29)22(16)28/h3-9,16-17,20-23H,2,10-11H2,1H3,(H,30,32)/t16-,17-,20-,21-,22-,23+/m1/s1. The molecule has 5 rings (SSSR count). The first-order chi connectivity index (χ1) is 17.2. The maximum absolute atomic E-state index is 13.1. The predicted octanol–water partition coefficient (Wildman–Crippen LogP) is 4.78. The number of aryl methyl sites for hydroxylation is 1. The first-order valence-electron chi connectivity index (χ1n) is 11.7. The van der Waals surface area contributed by atoms with Crippen molar-refractivity contribution in [3.8, 4) is 0 Å². The monoisotopic (exact) mass is 592 g/mol. The van der Waals surface area contributed by atoms with Crippen LogP contribution in [0.2, 0.25) is 0 Å². The molecule has 2 aromatic carbocycles. The van der Waals surface area contributed by atoms with Gasteiger partial charge in [-0.1, -0.05) is 22.9 Å². The molecule has 6 atom stereocenters. The van der Waals surface area contributed by atoms with Gasteiger partial charge in [0.2, 0.25) is 11.8 Å². The van der Waals surface area contributed by atoms with Crippen molar-refractivity contribution in [1.29, 1.82) is 0 Å². The highest BCUT2D eigenvalue weighted by atomic mass is 79.9. The third-order valence-electron chi connectivity index (χ3n) is 7.40. The van der Waals surface area contributed by atoms with Crippen LogP contribution < -0.4 is 10.2 Å². The number of anilines is 2. The maximum Gasteiger partial charge on any atom is 0.338 e. The second kappa shape index (κ2) is 9.80. The minimum Gasteiger partial charge on any atom is -0.452 e. The lowest BCUT2D eigenvalue weighted by atomic mass is 9.80. The summed E-state index contributed by atoms with van der Waals surface area (Å²) in [5.74, 6) is -2.76. The average Bonchev–Trinajstić information content (AvgIpc) is 3.48. The van der Waals surface area contributed by atoms with Gasteiger partial charge in [-0.25, -0.2) is 4.79 Å². The number of hydrogen-bond donors (Lipinski definition) is 1. The average molecular weight is 594 g/mol. The van der Waals surface area contributed by atoms with E-state index in [9.17, 15) is 19.2 Å². The predicted molar refractivity (Wildman–Crippen MR) is 139 cm³/mol. The summed E-state index contributed by atoms with van der Waals surface area (Å²) in [6.07, 6.45) is 1.42. The number of alkyl halides is 2. The number of rotatable bonds is 6. The fraction of sp³-hybridized carbons (Fsp3) is 0.385. The van der Waals surface area contributed by atoms with Gasteiger partial charge < -0.3 is 10.1 Å². The zero-order valence-corrected chi connectivity index (χ0v) is 22.3. The van der Waals surface area contributed by atoms with E-state index in [1.54, 1.807) is 6.07 Å². The lowest BCUT2D eigenvalue weighted by Gasteiger charge is -2.28. The lowest BCUT2D eigenvalue weighted by molar-refractivity contribution is -0.123. The van der Waals surface area contributed by atoms with Crippen molar-refractivity contribution >= 4 is 74.2 Å². The van der Waals surface area contributed by atoms with E-state index in [4.69, 9.17) is 27.9 Å². The number of esters is 1. The van der Waals surface area contributed by atoms with Gasteiger partial charge in [0.1, 0.15) is 0 Å². The van der Waals surface area contributed by atoms with E-state index in [0.29, 0.717) is 17.8 Å². The molecule has 2 aliphatic carbocycles.